The quantitative estimate of drug-likeness (QED) is 0.520. The SMILES string of the molecule is C/C=C1\CC(C)(C)[N+]2=C1c1cccc3c(SC)ccc2c13. The number of allylic oxidation sites excluding steroid dienone is 1. The van der Waals surface area contributed by atoms with Crippen molar-refractivity contribution in [3.8, 4) is 0 Å². The summed E-state index contributed by atoms with van der Waals surface area (Å²) < 4.78 is 2.56. The molecule has 4 rings (SSSR count). The van der Waals surface area contributed by atoms with E-state index in [-0.39, 0.29) is 5.54 Å². The molecule has 0 saturated heterocycles. The maximum absolute atomic E-state index is 2.56. The molecule has 1 nitrogen and oxygen atoms in total. The van der Waals surface area contributed by atoms with Gasteiger partial charge in [-0.2, -0.15) is 4.58 Å². The minimum Gasteiger partial charge on any atom is -0.186 e. The molecule has 2 heterocycles. The van der Waals surface area contributed by atoms with Crippen LogP contribution in [0.4, 0.5) is 5.69 Å². The highest BCUT2D eigenvalue weighted by molar-refractivity contribution is 7.98. The smallest absolute Gasteiger partial charge is 0.186 e. The molecule has 2 aliphatic rings. The molecule has 0 amide bonds. The van der Waals surface area contributed by atoms with Gasteiger partial charge in [-0.1, -0.05) is 18.2 Å². The van der Waals surface area contributed by atoms with E-state index in [4.69, 9.17) is 0 Å². The second-order valence-corrected chi connectivity index (χ2v) is 7.35. The first-order chi connectivity index (χ1) is 10.1. The zero-order chi connectivity index (χ0) is 14.8. The molecule has 0 spiro atoms. The summed E-state index contributed by atoms with van der Waals surface area (Å²) in [5.41, 5.74) is 5.87. The van der Waals surface area contributed by atoms with Gasteiger partial charge < -0.3 is 0 Å². The van der Waals surface area contributed by atoms with E-state index >= 15 is 0 Å². The second kappa shape index (κ2) is 4.23. The third kappa shape index (κ3) is 1.57. The molecule has 2 aliphatic heterocycles. The van der Waals surface area contributed by atoms with Gasteiger partial charge in [0.25, 0.3) is 0 Å². The lowest BCUT2D eigenvalue weighted by atomic mass is 9.91. The Hall–Kier alpha value is -1.54. The average Bonchev–Trinajstić information content (AvgIpc) is 2.96. The van der Waals surface area contributed by atoms with Crippen LogP contribution < -0.4 is 0 Å². The van der Waals surface area contributed by atoms with Crippen molar-refractivity contribution >= 4 is 33.9 Å². The van der Waals surface area contributed by atoms with Crippen molar-refractivity contribution in [2.24, 2.45) is 0 Å². The van der Waals surface area contributed by atoms with Crippen molar-refractivity contribution in [1.82, 2.24) is 0 Å². The topological polar surface area (TPSA) is 3.01 Å². The van der Waals surface area contributed by atoms with Crippen molar-refractivity contribution in [3.63, 3.8) is 0 Å². The summed E-state index contributed by atoms with van der Waals surface area (Å²) in [6, 6.07) is 11.3. The Labute approximate surface area is 130 Å². The van der Waals surface area contributed by atoms with Crippen LogP contribution in [0.5, 0.6) is 0 Å². The molecule has 0 N–H and O–H groups in total. The fourth-order valence-electron chi connectivity index (χ4n) is 3.98. The molecule has 2 heteroatoms. The van der Waals surface area contributed by atoms with Crippen LogP contribution in [-0.4, -0.2) is 22.1 Å². The Kier molecular flexibility index (Phi) is 2.65. The van der Waals surface area contributed by atoms with Crippen molar-refractivity contribution in [3.05, 3.63) is 47.5 Å². The monoisotopic (exact) mass is 294 g/mol. The van der Waals surface area contributed by atoms with Crippen molar-refractivity contribution in [2.45, 2.75) is 37.6 Å². The Balaban J connectivity index is 2.15. The average molecular weight is 294 g/mol. The van der Waals surface area contributed by atoms with Gasteiger partial charge in [0.15, 0.2) is 5.54 Å². The van der Waals surface area contributed by atoms with Gasteiger partial charge in [0.2, 0.25) is 11.4 Å². The molecule has 0 radical (unpaired) electrons. The molecular weight excluding hydrogens is 274 g/mol. The van der Waals surface area contributed by atoms with Crippen LogP contribution in [0.1, 0.15) is 32.8 Å². The van der Waals surface area contributed by atoms with E-state index in [1.807, 2.05) is 11.8 Å². The first kappa shape index (κ1) is 13.1. The van der Waals surface area contributed by atoms with Crippen LogP contribution in [0.15, 0.2) is 46.9 Å². The number of benzene rings is 2. The molecule has 0 saturated carbocycles. The Morgan fingerprint density at radius 3 is 2.71 bits per heavy atom. The van der Waals surface area contributed by atoms with Crippen LogP contribution >= 0.6 is 11.8 Å². The number of rotatable bonds is 1. The molecule has 2 aromatic rings. The summed E-state index contributed by atoms with van der Waals surface area (Å²) in [6.45, 7) is 6.87. The van der Waals surface area contributed by atoms with Crippen LogP contribution in [-0.2, 0) is 0 Å². The van der Waals surface area contributed by atoms with Crippen LogP contribution in [0.25, 0.3) is 10.8 Å². The third-order valence-electron chi connectivity index (χ3n) is 4.80. The maximum atomic E-state index is 2.56. The van der Waals surface area contributed by atoms with E-state index in [0.717, 1.165) is 6.42 Å². The highest BCUT2D eigenvalue weighted by atomic mass is 32.2. The number of thioether (sulfide) groups is 1. The second-order valence-electron chi connectivity index (χ2n) is 6.50. The number of fused-ring (bicyclic) bond motifs is 2. The summed E-state index contributed by atoms with van der Waals surface area (Å²) in [5, 5.41) is 2.83. The Bertz CT molecular complexity index is 840. The number of nitrogens with zero attached hydrogens (tertiary/aromatic N) is 1. The zero-order valence-corrected chi connectivity index (χ0v) is 13.8. The maximum Gasteiger partial charge on any atom is 0.217 e. The van der Waals surface area contributed by atoms with Crippen LogP contribution in [0, 0.1) is 0 Å². The molecule has 2 aromatic carbocycles. The summed E-state index contributed by atoms with van der Waals surface area (Å²) in [4.78, 5) is 1.37. The van der Waals surface area contributed by atoms with Crippen molar-refractivity contribution in [2.75, 3.05) is 6.26 Å². The van der Waals surface area contributed by atoms with Crippen molar-refractivity contribution in [1.29, 1.82) is 0 Å². The molecule has 21 heavy (non-hydrogen) atoms. The van der Waals surface area contributed by atoms with E-state index in [1.54, 1.807) is 0 Å². The summed E-state index contributed by atoms with van der Waals surface area (Å²) in [5.74, 6) is 0. The molecular formula is C19H20NS+. The third-order valence-corrected chi connectivity index (χ3v) is 5.60. The molecule has 0 unspecified atom stereocenters. The van der Waals surface area contributed by atoms with Gasteiger partial charge in [-0.05, 0) is 25.3 Å². The number of hydrogen-bond donors (Lipinski definition) is 0. The summed E-state index contributed by atoms with van der Waals surface area (Å²) in [7, 11) is 0. The highest BCUT2D eigenvalue weighted by Gasteiger charge is 2.49. The molecule has 106 valence electrons. The molecule has 0 atom stereocenters. The summed E-state index contributed by atoms with van der Waals surface area (Å²) in [6.07, 6.45) is 5.57. The van der Waals surface area contributed by atoms with Gasteiger partial charge in [0.1, 0.15) is 0 Å². The lowest BCUT2D eigenvalue weighted by Crippen LogP contribution is -2.28. The molecule has 0 bridgehead atoms. The normalized spacial score (nSPS) is 20.7. The van der Waals surface area contributed by atoms with E-state index in [0.29, 0.717) is 0 Å². The first-order valence-electron chi connectivity index (χ1n) is 7.51. The van der Waals surface area contributed by atoms with E-state index in [9.17, 15) is 0 Å². The Morgan fingerprint density at radius 1 is 1.19 bits per heavy atom. The van der Waals surface area contributed by atoms with Gasteiger partial charge in [-0.15, -0.1) is 11.8 Å². The highest BCUT2D eigenvalue weighted by Crippen LogP contribution is 2.47. The minimum absolute atomic E-state index is 0.157. The molecule has 0 fully saturated rings. The van der Waals surface area contributed by atoms with Gasteiger partial charge in [0.05, 0.1) is 10.9 Å². The van der Waals surface area contributed by atoms with Crippen LogP contribution in [0.3, 0.4) is 0 Å². The van der Waals surface area contributed by atoms with Gasteiger partial charge in [-0.3, -0.25) is 0 Å². The van der Waals surface area contributed by atoms with E-state index < -0.39 is 0 Å². The van der Waals surface area contributed by atoms with E-state index in [1.165, 1.54) is 38.2 Å². The fraction of sp³-hybridized carbons (Fsp3) is 0.316. The fourth-order valence-corrected chi connectivity index (χ4v) is 4.57. The Morgan fingerprint density at radius 2 is 2.00 bits per heavy atom. The van der Waals surface area contributed by atoms with Crippen LogP contribution in [0.2, 0.25) is 0 Å². The first-order valence-corrected chi connectivity index (χ1v) is 8.74. The minimum atomic E-state index is 0.157. The standard InChI is InChI=1S/C19H20NS/c1-5-12-11-19(2,3)20-15-9-10-16(21-4)13-7-6-8-14(17(13)15)18(12)20/h5-10H,11H2,1-4H3/q+1/b12-5+. The number of hydrogen-bond acceptors (Lipinski definition) is 1. The van der Waals surface area contributed by atoms with Gasteiger partial charge in [-0.25, -0.2) is 0 Å². The predicted molar refractivity (Wildman–Crippen MR) is 92.2 cm³/mol. The van der Waals surface area contributed by atoms with E-state index in [2.05, 4.69) is 68.0 Å². The van der Waals surface area contributed by atoms with Gasteiger partial charge >= 0.3 is 0 Å². The lowest BCUT2D eigenvalue weighted by molar-refractivity contribution is -0.512. The van der Waals surface area contributed by atoms with Gasteiger partial charge in [0, 0.05) is 42.2 Å². The lowest BCUT2D eigenvalue weighted by Gasteiger charge is -2.16. The largest absolute Gasteiger partial charge is 0.217 e. The van der Waals surface area contributed by atoms with Crippen molar-refractivity contribution < 1.29 is 4.58 Å². The summed E-state index contributed by atoms with van der Waals surface area (Å²) >= 11 is 1.84. The molecule has 0 aliphatic carbocycles. The molecule has 0 aromatic heterocycles. The predicted octanol–water partition coefficient (Wildman–Crippen LogP) is 5.14. The zero-order valence-electron chi connectivity index (χ0n) is 13.0.